The molecule has 1 aliphatic heterocycles. The first-order valence-electron chi connectivity index (χ1n) is 15.4. The number of rotatable bonds is 6. The van der Waals surface area contributed by atoms with Gasteiger partial charge < -0.3 is 4.90 Å². The Balaban J connectivity index is 1.67. The second-order valence-electron chi connectivity index (χ2n) is 13.0. The van der Waals surface area contributed by atoms with Gasteiger partial charge in [0.05, 0.1) is 18.3 Å². The lowest BCUT2D eigenvalue weighted by atomic mass is 9.88. The van der Waals surface area contributed by atoms with E-state index in [1.807, 2.05) is 0 Å². The van der Waals surface area contributed by atoms with E-state index in [-0.39, 0.29) is 11.7 Å². The van der Waals surface area contributed by atoms with Gasteiger partial charge in [-0.25, -0.2) is 9.47 Å². The Kier molecular flexibility index (Phi) is 6.92. The van der Waals surface area contributed by atoms with E-state index < -0.39 is 0 Å². The number of benzene rings is 4. The highest BCUT2D eigenvalue weighted by molar-refractivity contribution is 5.86. The third-order valence-electron chi connectivity index (χ3n) is 9.32. The maximum absolute atomic E-state index is 2.62. The van der Waals surface area contributed by atoms with E-state index >= 15 is 0 Å². The Bertz CT molecular complexity index is 1750. The molecule has 0 aliphatic carbocycles. The SMILES string of the molecule is Cc1ccccc1C(C)(C)N1c2ccccc2N(c2n(-c3c(C(C)C)cccc3C(C)C)c3ccccc3[n+]2C)[C@H]1C. The molecule has 4 aromatic carbocycles. The van der Waals surface area contributed by atoms with Crippen LogP contribution in [0.3, 0.4) is 0 Å². The van der Waals surface area contributed by atoms with Crippen LogP contribution in [0.5, 0.6) is 0 Å². The topological polar surface area (TPSA) is 15.3 Å². The molecule has 5 aromatic rings. The van der Waals surface area contributed by atoms with Crippen LogP contribution in [-0.4, -0.2) is 10.7 Å². The Morgan fingerprint density at radius 2 is 1.29 bits per heavy atom. The van der Waals surface area contributed by atoms with Gasteiger partial charge in [0, 0.05) is 0 Å². The van der Waals surface area contributed by atoms with Crippen molar-refractivity contribution >= 4 is 28.4 Å². The Labute approximate surface area is 251 Å². The molecule has 2 heterocycles. The lowest BCUT2D eigenvalue weighted by Gasteiger charge is -2.41. The molecule has 0 fully saturated rings. The molecule has 0 saturated carbocycles. The summed E-state index contributed by atoms with van der Waals surface area (Å²) < 4.78 is 4.95. The molecule has 0 unspecified atom stereocenters. The number of fused-ring (bicyclic) bond motifs is 2. The quantitative estimate of drug-likeness (QED) is 0.193. The van der Waals surface area contributed by atoms with Crippen LogP contribution in [-0.2, 0) is 12.6 Å². The van der Waals surface area contributed by atoms with Gasteiger partial charge in [-0.1, -0.05) is 94.4 Å². The first-order chi connectivity index (χ1) is 20.1. The number of nitrogens with zero attached hydrogens (tertiary/aromatic N) is 4. The standard InChI is InChI=1S/C38H45N4/c1-25(2)29-18-16-19-30(26(3)4)36(29)41-33-22-13-12-21-32(33)39(9)37(41)40-28(6)42(35-24-15-14-23-34(35)40)38(7,8)31-20-11-10-17-27(31)5/h10-26,28H,1-9H3/q+1/t28-/m1/s1. The Morgan fingerprint density at radius 1 is 0.714 bits per heavy atom. The summed E-state index contributed by atoms with van der Waals surface area (Å²) in [5.41, 5.74) is 11.5. The molecule has 0 saturated heterocycles. The number of para-hydroxylation sites is 5. The first-order valence-corrected chi connectivity index (χ1v) is 15.4. The predicted octanol–water partition coefficient (Wildman–Crippen LogP) is 9.25. The molecule has 4 heteroatoms. The molecular formula is C38H45N4+. The van der Waals surface area contributed by atoms with E-state index in [4.69, 9.17) is 0 Å². The lowest BCUT2D eigenvalue weighted by molar-refractivity contribution is -0.632. The highest BCUT2D eigenvalue weighted by Crippen LogP contribution is 2.50. The molecule has 1 atom stereocenters. The van der Waals surface area contributed by atoms with Crippen LogP contribution < -0.4 is 14.4 Å². The van der Waals surface area contributed by atoms with Crippen LogP contribution in [0.15, 0.2) is 91.0 Å². The largest absolute Gasteiger partial charge is 0.372 e. The number of imidazole rings is 1. The summed E-state index contributed by atoms with van der Waals surface area (Å²) in [6.07, 6.45) is 0.0694. The van der Waals surface area contributed by atoms with Crippen molar-refractivity contribution in [2.24, 2.45) is 7.05 Å². The highest BCUT2D eigenvalue weighted by Gasteiger charge is 2.49. The Hall–Kier alpha value is -4.05. The normalized spacial score (nSPS) is 15.4. The van der Waals surface area contributed by atoms with Crippen molar-refractivity contribution in [2.75, 3.05) is 9.80 Å². The maximum atomic E-state index is 2.62. The molecule has 0 radical (unpaired) electrons. The van der Waals surface area contributed by atoms with Crippen LogP contribution in [0.2, 0.25) is 0 Å². The van der Waals surface area contributed by atoms with Crippen molar-refractivity contribution in [3.8, 4) is 5.69 Å². The van der Waals surface area contributed by atoms with E-state index in [2.05, 4.69) is 172 Å². The van der Waals surface area contributed by atoms with Gasteiger partial charge in [0.25, 0.3) is 0 Å². The minimum absolute atomic E-state index is 0.0694. The lowest BCUT2D eigenvalue weighted by Crippen LogP contribution is -2.51. The van der Waals surface area contributed by atoms with Crippen molar-refractivity contribution < 1.29 is 4.57 Å². The van der Waals surface area contributed by atoms with Crippen LogP contribution >= 0.6 is 0 Å². The number of hydrogen-bond donors (Lipinski definition) is 0. The molecule has 0 bridgehead atoms. The molecule has 1 aliphatic rings. The van der Waals surface area contributed by atoms with Crippen molar-refractivity contribution in [1.29, 1.82) is 0 Å². The van der Waals surface area contributed by atoms with Crippen LogP contribution in [0.4, 0.5) is 17.3 Å². The average molecular weight is 558 g/mol. The van der Waals surface area contributed by atoms with Gasteiger partial charge in [0.2, 0.25) is 0 Å². The summed E-state index contributed by atoms with van der Waals surface area (Å²) >= 11 is 0. The van der Waals surface area contributed by atoms with E-state index in [9.17, 15) is 0 Å². The average Bonchev–Trinajstić information content (AvgIpc) is 3.42. The molecule has 6 rings (SSSR count). The van der Waals surface area contributed by atoms with Gasteiger partial charge in [-0.15, -0.1) is 0 Å². The molecular weight excluding hydrogens is 512 g/mol. The third kappa shape index (κ3) is 4.14. The zero-order chi connectivity index (χ0) is 29.9. The fourth-order valence-corrected chi connectivity index (χ4v) is 7.38. The van der Waals surface area contributed by atoms with Gasteiger partial charge >= 0.3 is 5.95 Å². The van der Waals surface area contributed by atoms with Crippen molar-refractivity contribution in [1.82, 2.24) is 4.57 Å². The van der Waals surface area contributed by atoms with E-state index in [1.165, 1.54) is 56.3 Å². The predicted molar refractivity (Wildman–Crippen MR) is 177 cm³/mol. The summed E-state index contributed by atoms with van der Waals surface area (Å²) in [7, 11) is 2.23. The molecule has 0 N–H and O–H groups in total. The van der Waals surface area contributed by atoms with E-state index in [0.29, 0.717) is 11.8 Å². The van der Waals surface area contributed by atoms with Crippen molar-refractivity contribution in [2.45, 2.75) is 78.9 Å². The molecule has 0 spiro atoms. The van der Waals surface area contributed by atoms with Gasteiger partial charge in [-0.3, -0.25) is 0 Å². The van der Waals surface area contributed by atoms with E-state index in [1.54, 1.807) is 0 Å². The zero-order valence-electron chi connectivity index (χ0n) is 26.7. The maximum Gasteiger partial charge on any atom is 0.372 e. The molecule has 0 amide bonds. The number of aryl methyl sites for hydroxylation is 2. The zero-order valence-corrected chi connectivity index (χ0v) is 26.7. The second-order valence-corrected chi connectivity index (χ2v) is 13.0. The molecule has 1 aromatic heterocycles. The molecule has 4 nitrogen and oxygen atoms in total. The van der Waals surface area contributed by atoms with Crippen molar-refractivity contribution in [3.05, 3.63) is 113 Å². The number of hydrogen-bond acceptors (Lipinski definition) is 2. The van der Waals surface area contributed by atoms with Gasteiger partial charge in [0.1, 0.15) is 22.4 Å². The smallest absolute Gasteiger partial charge is 0.327 e. The van der Waals surface area contributed by atoms with Crippen molar-refractivity contribution in [3.63, 3.8) is 0 Å². The summed E-state index contributed by atoms with van der Waals surface area (Å²) in [6, 6.07) is 33.5. The van der Waals surface area contributed by atoms with Crippen LogP contribution in [0.25, 0.3) is 16.7 Å². The fourth-order valence-electron chi connectivity index (χ4n) is 7.38. The van der Waals surface area contributed by atoms with Crippen LogP contribution in [0, 0.1) is 6.92 Å². The number of anilines is 3. The summed E-state index contributed by atoms with van der Waals surface area (Å²) in [4.78, 5) is 5.18. The van der Waals surface area contributed by atoms with Gasteiger partial charge in [-0.05, 0) is 86.1 Å². The minimum Gasteiger partial charge on any atom is -0.327 e. The highest BCUT2D eigenvalue weighted by atomic mass is 15.5. The Morgan fingerprint density at radius 3 is 1.93 bits per heavy atom. The van der Waals surface area contributed by atoms with Gasteiger partial charge in [0.15, 0.2) is 6.17 Å². The summed E-state index contributed by atoms with van der Waals surface area (Å²) in [5, 5.41) is 0. The second kappa shape index (κ2) is 10.3. The van der Waals surface area contributed by atoms with E-state index in [0.717, 1.165) is 0 Å². The fraction of sp³-hybridized carbons (Fsp3) is 0.342. The minimum atomic E-state index is -0.232. The summed E-state index contributed by atoms with van der Waals surface area (Å²) in [5.74, 6) is 1.95. The van der Waals surface area contributed by atoms with Crippen LogP contribution in [0.1, 0.15) is 82.6 Å². The summed E-state index contributed by atoms with van der Waals surface area (Å²) in [6.45, 7) is 18.6. The monoisotopic (exact) mass is 557 g/mol. The van der Waals surface area contributed by atoms with Gasteiger partial charge in [-0.2, -0.15) is 4.57 Å². The third-order valence-corrected chi connectivity index (χ3v) is 9.32. The molecule has 216 valence electrons. The molecule has 42 heavy (non-hydrogen) atoms. The first kappa shape index (κ1) is 28.1. The number of aromatic nitrogens is 2.